The average Bonchev–Trinajstić information content (AvgIpc) is 2.21. The quantitative estimate of drug-likeness (QED) is 0.663. The molecule has 0 bridgehead atoms. The largest absolute Gasteiger partial charge is 0.379 e. The molecule has 0 aliphatic carbocycles. The minimum absolute atomic E-state index is 0.334. The molecular weight excluding hydrogens is 220 g/mol. The minimum Gasteiger partial charge on any atom is -0.379 e. The number of hydrogen-bond donors (Lipinski definition) is 1. The van der Waals surface area contributed by atoms with E-state index in [4.69, 9.17) is 10.00 Å². The van der Waals surface area contributed by atoms with E-state index in [2.05, 4.69) is 11.4 Å². The second kappa shape index (κ2) is 7.16. The first-order valence-electron chi connectivity index (χ1n) is 6.06. The SMILES string of the molecule is CCNC(C)(C#N)CCCCSC1COC1. The highest BCUT2D eigenvalue weighted by Gasteiger charge is 2.22. The molecule has 0 amide bonds. The van der Waals surface area contributed by atoms with E-state index in [0.29, 0.717) is 0 Å². The Morgan fingerprint density at radius 3 is 2.75 bits per heavy atom. The molecule has 1 saturated heterocycles. The fourth-order valence-electron chi connectivity index (χ4n) is 1.71. The van der Waals surface area contributed by atoms with Crippen LogP contribution < -0.4 is 5.32 Å². The molecule has 1 fully saturated rings. The van der Waals surface area contributed by atoms with Crippen molar-refractivity contribution in [3.63, 3.8) is 0 Å². The summed E-state index contributed by atoms with van der Waals surface area (Å²) in [5.74, 6) is 1.20. The second-order valence-corrected chi connectivity index (χ2v) is 5.87. The Labute approximate surface area is 103 Å². The van der Waals surface area contributed by atoms with Gasteiger partial charge in [0, 0.05) is 0 Å². The van der Waals surface area contributed by atoms with Gasteiger partial charge in [-0.3, -0.25) is 5.32 Å². The molecule has 0 saturated carbocycles. The van der Waals surface area contributed by atoms with Crippen molar-refractivity contribution in [2.75, 3.05) is 25.5 Å². The summed E-state index contributed by atoms with van der Waals surface area (Å²) in [4.78, 5) is 0. The van der Waals surface area contributed by atoms with Gasteiger partial charge in [-0.1, -0.05) is 6.92 Å². The topological polar surface area (TPSA) is 45.0 Å². The van der Waals surface area contributed by atoms with Crippen LogP contribution in [0.1, 0.15) is 33.1 Å². The fraction of sp³-hybridized carbons (Fsp3) is 0.917. The molecule has 0 spiro atoms. The van der Waals surface area contributed by atoms with Crippen molar-refractivity contribution in [1.82, 2.24) is 5.32 Å². The number of nitriles is 1. The Kier molecular flexibility index (Phi) is 6.18. The van der Waals surface area contributed by atoms with Crippen molar-refractivity contribution in [3.05, 3.63) is 0 Å². The van der Waals surface area contributed by atoms with Crippen molar-refractivity contribution in [1.29, 1.82) is 5.26 Å². The first kappa shape index (κ1) is 13.8. The van der Waals surface area contributed by atoms with Crippen molar-refractivity contribution in [2.24, 2.45) is 0 Å². The molecule has 3 nitrogen and oxygen atoms in total. The maximum Gasteiger partial charge on any atom is 0.103 e. The molecule has 0 aromatic carbocycles. The summed E-state index contributed by atoms with van der Waals surface area (Å²) in [6.45, 7) is 6.75. The van der Waals surface area contributed by atoms with Gasteiger partial charge >= 0.3 is 0 Å². The maximum atomic E-state index is 9.07. The van der Waals surface area contributed by atoms with Gasteiger partial charge in [0.2, 0.25) is 0 Å². The Bertz CT molecular complexity index is 238. The molecule has 1 rings (SSSR count). The summed E-state index contributed by atoms with van der Waals surface area (Å²) < 4.78 is 5.12. The highest BCUT2D eigenvalue weighted by molar-refractivity contribution is 8.00. The molecule has 1 unspecified atom stereocenters. The average molecular weight is 242 g/mol. The van der Waals surface area contributed by atoms with Crippen molar-refractivity contribution in [3.8, 4) is 6.07 Å². The number of rotatable bonds is 8. The Balaban J connectivity index is 2.02. The summed E-state index contributed by atoms with van der Waals surface area (Å²) in [5.41, 5.74) is -0.334. The number of nitrogens with one attached hydrogen (secondary N) is 1. The first-order chi connectivity index (χ1) is 7.70. The summed E-state index contributed by atoms with van der Waals surface area (Å²) in [6, 6.07) is 2.36. The highest BCUT2D eigenvalue weighted by atomic mass is 32.2. The van der Waals surface area contributed by atoms with Crippen LogP contribution in [-0.4, -0.2) is 36.3 Å². The molecule has 0 radical (unpaired) electrons. The summed E-state index contributed by atoms with van der Waals surface area (Å²) >= 11 is 2.01. The van der Waals surface area contributed by atoms with Gasteiger partial charge < -0.3 is 4.74 Å². The van der Waals surface area contributed by atoms with Crippen LogP contribution in [0, 0.1) is 11.3 Å². The summed E-state index contributed by atoms with van der Waals surface area (Å²) in [5, 5.41) is 13.0. The Morgan fingerprint density at radius 1 is 1.50 bits per heavy atom. The lowest BCUT2D eigenvalue weighted by Gasteiger charge is -2.25. The zero-order chi connectivity index (χ0) is 11.9. The van der Waals surface area contributed by atoms with Gasteiger partial charge in [-0.15, -0.1) is 0 Å². The Hall–Kier alpha value is -0.240. The maximum absolute atomic E-state index is 9.07. The molecule has 92 valence electrons. The van der Waals surface area contributed by atoms with E-state index in [9.17, 15) is 0 Å². The lowest BCUT2D eigenvalue weighted by atomic mass is 9.97. The van der Waals surface area contributed by atoms with E-state index in [-0.39, 0.29) is 5.54 Å². The number of hydrogen-bond acceptors (Lipinski definition) is 4. The van der Waals surface area contributed by atoms with E-state index >= 15 is 0 Å². The third kappa shape index (κ3) is 4.73. The number of unbranched alkanes of at least 4 members (excludes halogenated alkanes) is 1. The number of thioether (sulfide) groups is 1. The Morgan fingerprint density at radius 2 is 2.25 bits per heavy atom. The second-order valence-electron chi connectivity index (χ2n) is 4.46. The molecule has 16 heavy (non-hydrogen) atoms. The molecule has 1 aliphatic heterocycles. The predicted molar refractivity (Wildman–Crippen MR) is 68.6 cm³/mol. The monoisotopic (exact) mass is 242 g/mol. The third-order valence-corrected chi connectivity index (χ3v) is 4.11. The highest BCUT2D eigenvalue weighted by Crippen LogP contribution is 2.21. The summed E-state index contributed by atoms with van der Waals surface area (Å²) in [6.07, 6.45) is 3.26. The van der Waals surface area contributed by atoms with Crippen molar-refractivity contribution < 1.29 is 4.74 Å². The van der Waals surface area contributed by atoms with E-state index in [1.165, 1.54) is 12.2 Å². The lowest BCUT2D eigenvalue weighted by molar-refractivity contribution is 0.0455. The van der Waals surface area contributed by atoms with Crippen LogP contribution in [0.25, 0.3) is 0 Å². The van der Waals surface area contributed by atoms with Crippen LogP contribution in [0.15, 0.2) is 0 Å². The molecule has 0 aromatic rings. The molecule has 1 aliphatic rings. The van der Waals surface area contributed by atoms with Crippen molar-refractivity contribution >= 4 is 11.8 Å². The number of nitrogens with zero attached hydrogens (tertiary/aromatic N) is 1. The van der Waals surface area contributed by atoms with Gasteiger partial charge in [-0.05, 0) is 38.5 Å². The van der Waals surface area contributed by atoms with Gasteiger partial charge in [0.1, 0.15) is 5.54 Å². The molecule has 0 aromatic heterocycles. The first-order valence-corrected chi connectivity index (χ1v) is 7.10. The zero-order valence-corrected chi connectivity index (χ0v) is 11.1. The molecule has 1 N–H and O–H groups in total. The van der Waals surface area contributed by atoms with Gasteiger partial charge in [0.05, 0.1) is 24.5 Å². The van der Waals surface area contributed by atoms with E-state index < -0.39 is 0 Å². The van der Waals surface area contributed by atoms with Gasteiger partial charge in [-0.2, -0.15) is 17.0 Å². The van der Waals surface area contributed by atoms with Crippen LogP contribution in [0.4, 0.5) is 0 Å². The third-order valence-electron chi connectivity index (χ3n) is 2.85. The van der Waals surface area contributed by atoms with Gasteiger partial charge in [0.15, 0.2) is 0 Å². The van der Waals surface area contributed by atoms with Gasteiger partial charge in [-0.25, -0.2) is 0 Å². The van der Waals surface area contributed by atoms with E-state index in [1.54, 1.807) is 0 Å². The van der Waals surface area contributed by atoms with E-state index in [1.807, 2.05) is 25.6 Å². The van der Waals surface area contributed by atoms with E-state index in [0.717, 1.165) is 37.9 Å². The molecule has 4 heteroatoms. The summed E-state index contributed by atoms with van der Waals surface area (Å²) in [7, 11) is 0. The smallest absolute Gasteiger partial charge is 0.103 e. The number of ether oxygens (including phenoxy) is 1. The van der Waals surface area contributed by atoms with Crippen LogP contribution in [0.5, 0.6) is 0 Å². The fourth-order valence-corrected chi connectivity index (χ4v) is 2.80. The van der Waals surface area contributed by atoms with Crippen LogP contribution in [0.3, 0.4) is 0 Å². The van der Waals surface area contributed by atoms with Crippen molar-refractivity contribution in [2.45, 2.75) is 43.9 Å². The predicted octanol–water partition coefficient (Wildman–Crippen LogP) is 2.18. The normalized spacial score (nSPS) is 19.8. The zero-order valence-electron chi connectivity index (χ0n) is 10.3. The van der Waals surface area contributed by atoms with Gasteiger partial charge in [0.25, 0.3) is 0 Å². The molecule has 1 atom stereocenters. The molecule has 1 heterocycles. The standard InChI is InChI=1S/C12H22N2OS/c1-3-14-12(2,10-13)6-4-5-7-16-11-8-15-9-11/h11,14H,3-9H2,1-2H3. The van der Waals surface area contributed by atoms with Crippen LogP contribution in [0.2, 0.25) is 0 Å². The molecular formula is C12H22N2OS. The lowest BCUT2D eigenvalue weighted by Crippen LogP contribution is -2.40. The van der Waals surface area contributed by atoms with Crippen LogP contribution >= 0.6 is 11.8 Å². The minimum atomic E-state index is -0.334. The van der Waals surface area contributed by atoms with Crippen LogP contribution in [-0.2, 0) is 4.74 Å².